The second-order valence-electron chi connectivity index (χ2n) is 2.44. The van der Waals surface area contributed by atoms with Gasteiger partial charge < -0.3 is 4.90 Å². The van der Waals surface area contributed by atoms with E-state index in [0.717, 1.165) is 5.70 Å². The molecule has 1 rings (SSSR count). The predicted octanol–water partition coefficient (Wildman–Crippen LogP) is 0.433. The van der Waals surface area contributed by atoms with E-state index in [4.69, 9.17) is 0 Å². The van der Waals surface area contributed by atoms with Crippen molar-refractivity contribution < 1.29 is 4.79 Å². The molecule has 0 saturated heterocycles. The standard InChI is InChI=1S/C7H10N2O/c1-9(2)6-3-7(10)5-8-4-6/h4-5H,3H2,1-2H3. The molecule has 3 nitrogen and oxygen atoms in total. The molecular formula is C7H10N2O. The van der Waals surface area contributed by atoms with Gasteiger partial charge in [0.05, 0.1) is 12.6 Å². The van der Waals surface area contributed by atoms with Gasteiger partial charge in [-0.2, -0.15) is 0 Å². The Morgan fingerprint density at radius 1 is 1.60 bits per heavy atom. The zero-order valence-electron chi connectivity index (χ0n) is 6.16. The van der Waals surface area contributed by atoms with Crippen molar-refractivity contribution in [3.05, 3.63) is 11.9 Å². The van der Waals surface area contributed by atoms with Gasteiger partial charge in [-0.1, -0.05) is 0 Å². The molecule has 0 spiro atoms. The molecule has 0 atom stereocenters. The molecule has 0 aromatic rings. The molecule has 0 aromatic heterocycles. The first-order valence-electron chi connectivity index (χ1n) is 3.12. The third-order valence-electron chi connectivity index (χ3n) is 1.37. The highest BCUT2D eigenvalue weighted by molar-refractivity contribution is 6.28. The number of hydrogen-bond donors (Lipinski definition) is 0. The van der Waals surface area contributed by atoms with Gasteiger partial charge in [-0.3, -0.25) is 9.79 Å². The molecule has 0 radical (unpaired) electrons. The largest absolute Gasteiger partial charge is 0.379 e. The molecule has 1 aliphatic heterocycles. The van der Waals surface area contributed by atoms with Crippen LogP contribution < -0.4 is 0 Å². The lowest BCUT2D eigenvalue weighted by atomic mass is 10.2. The van der Waals surface area contributed by atoms with Crippen LogP contribution in [0.15, 0.2) is 16.9 Å². The molecule has 0 aliphatic carbocycles. The number of allylic oxidation sites excluding steroid dienone is 1. The van der Waals surface area contributed by atoms with E-state index in [2.05, 4.69) is 4.99 Å². The van der Waals surface area contributed by atoms with E-state index in [1.807, 2.05) is 19.0 Å². The fourth-order valence-electron chi connectivity index (χ4n) is 0.750. The minimum atomic E-state index is 0.0752. The molecule has 1 aliphatic rings. The van der Waals surface area contributed by atoms with Crippen LogP contribution in [-0.2, 0) is 4.79 Å². The molecule has 0 amide bonds. The van der Waals surface area contributed by atoms with Gasteiger partial charge in [0.2, 0.25) is 0 Å². The maximum absolute atomic E-state index is 10.8. The van der Waals surface area contributed by atoms with Crippen LogP contribution in [0.1, 0.15) is 6.42 Å². The highest BCUT2D eigenvalue weighted by atomic mass is 16.1. The molecule has 0 saturated carbocycles. The first-order valence-corrected chi connectivity index (χ1v) is 3.12. The summed E-state index contributed by atoms with van der Waals surface area (Å²) in [4.78, 5) is 16.4. The van der Waals surface area contributed by atoms with Crippen LogP contribution in [0.3, 0.4) is 0 Å². The summed E-state index contributed by atoms with van der Waals surface area (Å²) >= 11 is 0. The number of rotatable bonds is 1. The van der Waals surface area contributed by atoms with E-state index in [-0.39, 0.29) is 5.78 Å². The van der Waals surface area contributed by atoms with Gasteiger partial charge >= 0.3 is 0 Å². The summed E-state index contributed by atoms with van der Waals surface area (Å²) in [5, 5.41) is 0. The summed E-state index contributed by atoms with van der Waals surface area (Å²) in [7, 11) is 3.81. The second kappa shape index (κ2) is 2.64. The van der Waals surface area contributed by atoms with Crippen molar-refractivity contribution in [3.63, 3.8) is 0 Å². The lowest BCUT2D eigenvalue weighted by Gasteiger charge is -2.16. The van der Waals surface area contributed by atoms with Gasteiger partial charge in [0.25, 0.3) is 0 Å². The number of hydrogen-bond acceptors (Lipinski definition) is 3. The molecule has 0 fully saturated rings. The highest BCUT2D eigenvalue weighted by Crippen LogP contribution is 2.07. The van der Waals surface area contributed by atoms with Crippen molar-refractivity contribution >= 4 is 12.0 Å². The van der Waals surface area contributed by atoms with Crippen LogP contribution in [0, 0.1) is 0 Å². The van der Waals surface area contributed by atoms with Crippen LogP contribution >= 0.6 is 0 Å². The SMILES string of the molecule is CN(C)C1=CN=CC(=O)C1. The van der Waals surface area contributed by atoms with Gasteiger partial charge in [0.15, 0.2) is 5.78 Å². The summed E-state index contributed by atoms with van der Waals surface area (Å²) < 4.78 is 0. The molecule has 54 valence electrons. The smallest absolute Gasteiger partial charge is 0.179 e. The van der Waals surface area contributed by atoms with E-state index < -0.39 is 0 Å². The average Bonchev–Trinajstić information content (AvgIpc) is 1.88. The maximum Gasteiger partial charge on any atom is 0.179 e. The van der Waals surface area contributed by atoms with Crippen LogP contribution in [0.4, 0.5) is 0 Å². The number of aliphatic imine (C=N–C) groups is 1. The van der Waals surface area contributed by atoms with Crippen LogP contribution in [-0.4, -0.2) is 31.0 Å². The molecule has 0 bridgehead atoms. The Labute approximate surface area is 60.1 Å². The van der Waals surface area contributed by atoms with E-state index in [0.29, 0.717) is 6.42 Å². The van der Waals surface area contributed by atoms with Gasteiger partial charge in [-0.05, 0) is 0 Å². The topological polar surface area (TPSA) is 32.7 Å². The number of ketones is 1. The first kappa shape index (κ1) is 6.99. The number of carbonyl (C=O) groups is 1. The molecule has 1 heterocycles. The van der Waals surface area contributed by atoms with Crippen LogP contribution in [0.2, 0.25) is 0 Å². The lowest BCUT2D eigenvalue weighted by Crippen LogP contribution is -2.17. The summed E-state index contributed by atoms with van der Waals surface area (Å²) in [6, 6.07) is 0. The Hall–Kier alpha value is -1.12. The minimum Gasteiger partial charge on any atom is -0.379 e. The van der Waals surface area contributed by atoms with E-state index in [9.17, 15) is 4.79 Å². The molecule has 3 heteroatoms. The van der Waals surface area contributed by atoms with Crippen molar-refractivity contribution in [1.29, 1.82) is 0 Å². The predicted molar refractivity (Wildman–Crippen MR) is 39.9 cm³/mol. The van der Waals surface area contributed by atoms with Crippen LogP contribution in [0.5, 0.6) is 0 Å². The average molecular weight is 138 g/mol. The van der Waals surface area contributed by atoms with Crippen molar-refractivity contribution in [2.75, 3.05) is 14.1 Å². The van der Waals surface area contributed by atoms with E-state index in [1.54, 1.807) is 6.20 Å². The fourth-order valence-corrected chi connectivity index (χ4v) is 0.750. The maximum atomic E-state index is 10.8. The van der Waals surface area contributed by atoms with Crippen molar-refractivity contribution in [3.8, 4) is 0 Å². The Kier molecular flexibility index (Phi) is 1.85. The van der Waals surface area contributed by atoms with Crippen LogP contribution in [0.25, 0.3) is 0 Å². The Morgan fingerprint density at radius 2 is 2.30 bits per heavy atom. The first-order chi connectivity index (χ1) is 4.70. The minimum absolute atomic E-state index is 0.0752. The molecule has 0 unspecified atom stereocenters. The van der Waals surface area contributed by atoms with Gasteiger partial charge in [0.1, 0.15) is 0 Å². The van der Waals surface area contributed by atoms with Crippen molar-refractivity contribution in [2.24, 2.45) is 4.99 Å². The zero-order chi connectivity index (χ0) is 7.56. The quantitative estimate of drug-likeness (QED) is 0.526. The van der Waals surface area contributed by atoms with Gasteiger partial charge in [-0.25, -0.2) is 0 Å². The number of carbonyl (C=O) groups excluding carboxylic acids is 1. The molecular weight excluding hydrogens is 128 g/mol. The van der Waals surface area contributed by atoms with Gasteiger partial charge in [0, 0.05) is 26.0 Å². The number of Topliss-reactive ketones (excluding diaryl/α,β-unsaturated/α-hetero) is 1. The monoisotopic (exact) mass is 138 g/mol. The van der Waals surface area contributed by atoms with Gasteiger partial charge in [-0.15, -0.1) is 0 Å². The molecule has 10 heavy (non-hydrogen) atoms. The highest BCUT2D eigenvalue weighted by Gasteiger charge is 2.08. The molecule has 0 N–H and O–H groups in total. The summed E-state index contributed by atoms with van der Waals surface area (Å²) in [5.74, 6) is 0.0752. The fraction of sp³-hybridized carbons (Fsp3) is 0.429. The lowest BCUT2D eigenvalue weighted by molar-refractivity contribution is -0.112. The Morgan fingerprint density at radius 3 is 2.70 bits per heavy atom. The molecule has 0 aromatic carbocycles. The number of nitrogens with zero attached hydrogens (tertiary/aromatic N) is 2. The van der Waals surface area contributed by atoms with Crippen molar-refractivity contribution in [1.82, 2.24) is 4.90 Å². The van der Waals surface area contributed by atoms with E-state index >= 15 is 0 Å². The zero-order valence-corrected chi connectivity index (χ0v) is 6.16. The third-order valence-corrected chi connectivity index (χ3v) is 1.37. The second-order valence-corrected chi connectivity index (χ2v) is 2.44. The summed E-state index contributed by atoms with van der Waals surface area (Å²) in [6.45, 7) is 0. The normalized spacial score (nSPS) is 17.0. The van der Waals surface area contributed by atoms with Crippen molar-refractivity contribution in [2.45, 2.75) is 6.42 Å². The summed E-state index contributed by atoms with van der Waals surface area (Å²) in [6.07, 6.45) is 3.55. The third kappa shape index (κ3) is 1.43. The Bertz CT molecular complexity index is 204. The Balaban J connectivity index is 2.70. The summed E-state index contributed by atoms with van der Waals surface area (Å²) in [5.41, 5.74) is 0.965. The van der Waals surface area contributed by atoms with E-state index in [1.165, 1.54) is 6.21 Å².